The van der Waals surface area contributed by atoms with Crippen LogP contribution in [0.4, 0.5) is 0 Å². The summed E-state index contributed by atoms with van der Waals surface area (Å²) in [6.07, 6.45) is 22.4. The van der Waals surface area contributed by atoms with Gasteiger partial charge in [0.2, 0.25) is 0 Å². The van der Waals surface area contributed by atoms with Gasteiger partial charge in [0.25, 0.3) is 0 Å². The van der Waals surface area contributed by atoms with E-state index in [1.54, 1.807) is 0 Å². The van der Waals surface area contributed by atoms with Gasteiger partial charge < -0.3 is 35.2 Å². The van der Waals surface area contributed by atoms with Crippen LogP contribution in [-0.4, -0.2) is 46.8 Å². The van der Waals surface area contributed by atoms with Gasteiger partial charge in [-0.2, -0.15) is 0 Å². The topological polar surface area (TPSA) is 128 Å². The van der Waals surface area contributed by atoms with Gasteiger partial charge in [0.15, 0.2) is 0 Å². The number of aliphatic hydroxyl groups is 1. The summed E-state index contributed by atoms with van der Waals surface area (Å²) in [6, 6.07) is -0.167. The predicted molar refractivity (Wildman–Crippen MR) is 262 cm³/mol. The Balaban J connectivity index is 1.21. The molecule has 4 aliphatic rings. The highest BCUT2D eigenvalue weighted by Gasteiger charge is 2.49. The van der Waals surface area contributed by atoms with Gasteiger partial charge in [0.05, 0.1) is 13.2 Å². The van der Waals surface area contributed by atoms with Gasteiger partial charge in [0.1, 0.15) is 18.3 Å². The quantitative estimate of drug-likeness (QED) is 0.0662. The number of aromatic amines is 2. The van der Waals surface area contributed by atoms with E-state index in [0.29, 0.717) is 17.6 Å². The van der Waals surface area contributed by atoms with Crippen LogP contribution >= 0.6 is 0 Å². The third kappa shape index (κ3) is 10.5. The first-order chi connectivity index (χ1) is 30.6. The summed E-state index contributed by atoms with van der Waals surface area (Å²) >= 11 is 0. The van der Waals surface area contributed by atoms with Crippen molar-refractivity contribution in [3.63, 3.8) is 0 Å². The van der Waals surface area contributed by atoms with Crippen molar-refractivity contribution in [2.75, 3.05) is 13.7 Å². The van der Waals surface area contributed by atoms with Gasteiger partial charge in [-0.05, 0) is 124 Å². The molecule has 1 saturated heterocycles. The van der Waals surface area contributed by atoms with E-state index >= 15 is 0 Å². The molecule has 0 amide bonds. The molecule has 5 N–H and O–H groups in total. The SMILES string of the molecule is C=Cc1c2[nH]c(c1C)/C=C1\NC(=C(CCC(=O)OC/C=C(\C)CCCC(=C)CCC[C@H](C)CCCC(C)C)[C@@H]1C)C1=C3NC(/C=c4\[nH]/c(c(C)c4CC)=C/2)C(C)C3=C(O)[C@@H]1C(=O)OC. The van der Waals surface area contributed by atoms with Crippen LogP contribution in [-0.2, 0) is 25.5 Å². The number of carbonyl (C=O) groups excluding carboxylic acids is 2. The number of H-pyrrole nitrogens is 2. The van der Waals surface area contributed by atoms with Crippen LogP contribution in [0.5, 0.6) is 0 Å². The summed E-state index contributed by atoms with van der Waals surface area (Å²) in [7, 11) is 1.35. The molecule has 3 aliphatic heterocycles. The average Bonchev–Trinajstić information content (AvgIpc) is 3.99. The average molecular weight is 873 g/mol. The van der Waals surface area contributed by atoms with Crippen LogP contribution in [0.2, 0.25) is 0 Å². The first-order valence-electron chi connectivity index (χ1n) is 24.1. The minimum atomic E-state index is -1.02. The lowest BCUT2D eigenvalue weighted by Crippen LogP contribution is -2.30. The van der Waals surface area contributed by atoms with E-state index in [1.165, 1.54) is 61.5 Å². The fourth-order valence-electron chi connectivity index (χ4n) is 10.3. The third-order valence-corrected chi connectivity index (χ3v) is 14.4. The number of carbonyl (C=O) groups is 2. The molecule has 5 heterocycles. The van der Waals surface area contributed by atoms with E-state index in [-0.39, 0.29) is 42.6 Å². The van der Waals surface area contributed by atoms with E-state index in [1.807, 2.05) is 12.2 Å². The van der Waals surface area contributed by atoms with Crippen molar-refractivity contribution >= 4 is 36.2 Å². The second-order valence-electron chi connectivity index (χ2n) is 19.4. The Hall–Kier alpha value is -5.18. The Morgan fingerprint density at radius 1 is 0.906 bits per heavy atom. The molecule has 2 aromatic heterocycles. The van der Waals surface area contributed by atoms with E-state index in [4.69, 9.17) is 9.47 Å². The van der Waals surface area contributed by atoms with Crippen molar-refractivity contribution in [2.45, 2.75) is 145 Å². The molecule has 9 heteroatoms. The fraction of sp³-hybridized carbons (Fsp3) is 0.527. The number of methoxy groups -OCH3 is 1. The molecule has 1 aliphatic carbocycles. The molecule has 64 heavy (non-hydrogen) atoms. The van der Waals surface area contributed by atoms with E-state index in [0.717, 1.165) is 99.8 Å². The van der Waals surface area contributed by atoms with Crippen molar-refractivity contribution in [1.29, 1.82) is 0 Å². The number of allylic oxidation sites excluding steroid dienone is 5. The fourth-order valence-corrected chi connectivity index (χ4v) is 10.3. The van der Waals surface area contributed by atoms with Crippen LogP contribution in [0.25, 0.3) is 24.3 Å². The maximum Gasteiger partial charge on any atom is 0.321 e. The Labute approximate surface area is 382 Å². The molecule has 2 unspecified atom stereocenters. The Kier molecular flexibility index (Phi) is 16.0. The maximum atomic E-state index is 13.7. The summed E-state index contributed by atoms with van der Waals surface area (Å²) in [5.41, 5.74) is 13.6. The standard InChI is InChI=1S/C55H76N4O5/c1-13-39-35(8)42-28-44-37(10)41(24-25-48(60)64-27-26-34(7)23-17-22-33(6)21-16-20-32(5)19-15-18-31(3)4)52(58-44)50-51(55(62)63-12)54(61)49-38(11)45(59-53(49)50)30-47-40(14-2)36(9)43(57-47)29-46(39)56-42/h13,26,28-32,37-38,45,51,56-59,61H,1,6,14-25,27H2,2-5,7-12H3/b34-26+,43-29+,44-28-,47-30-/t32-,37+,38?,45?,51-/m1/s1. The van der Waals surface area contributed by atoms with Crippen molar-refractivity contribution in [1.82, 2.24) is 20.6 Å². The number of nitrogens with one attached hydrogen (secondary N) is 4. The van der Waals surface area contributed by atoms with Crippen molar-refractivity contribution < 1.29 is 24.2 Å². The highest BCUT2D eigenvalue weighted by Crippen LogP contribution is 2.50. The smallest absolute Gasteiger partial charge is 0.321 e. The minimum Gasteiger partial charge on any atom is -0.511 e. The Morgan fingerprint density at radius 2 is 1.64 bits per heavy atom. The summed E-state index contributed by atoms with van der Waals surface area (Å²) in [6.45, 7) is 28.5. The van der Waals surface area contributed by atoms with Gasteiger partial charge in [-0.1, -0.05) is 97.6 Å². The largest absolute Gasteiger partial charge is 0.511 e. The summed E-state index contributed by atoms with van der Waals surface area (Å²) in [5.74, 6) is -0.568. The molecule has 6 rings (SSSR count). The van der Waals surface area contributed by atoms with Gasteiger partial charge in [-0.25, -0.2) is 0 Å². The zero-order valence-corrected chi connectivity index (χ0v) is 40.5. The number of rotatable bonds is 20. The monoisotopic (exact) mass is 873 g/mol. The van der Waals surface area contributed by atoms with E-state index < -0.39 is 11.9 Å². The molecule has 346 valence electrons. The lowest BCUT2D eigenvalue weighted by atomic mass is 9.90. The molecule has 2 aromatic rings. The molecule has 9 nitrogen and oxygen atoms in total. The zero-order valence-electron chi connectivity index (χ0n) is 40.5. The molecule has 0 radical (unpaired) electrons. The maximum absolute atomic E-state index is 13.7. The molecule has 0 saturated carbocycles. The Morgan fingerprint density at radius 3 is 2.34 bits per heavy atom. The number of ether oxygens (including phenoxy) is 2. The zero-order chi connectivity index (χ0) is 46.4. The van der Waals surface area contributed by atoms with E-state index in [9.17, 15) is 14.7 Å². The van der Waals surface area contributed by atoms with Gasteiger partial charge in [-0.3, -0.25) is 9.59 Å². The highest BCUT2D eigenvalue weighted by atomic mass is 16.5. The molecule has 5 atom stereocenters. The summed E-state index contributed by atoms with van der Waals surface area (Å²) in [4.78, 5) is 34.5. The number of aliphatic hydroxyl groups excluding tert-OH is 1. The third-order valence-electron chi connectivity index (χ3n) is 14.4. The second kappa shape index (κ2) is 21.2. The first-order valence-corrected chi connectivity index (χ1v) is 24.1. The van der Waals surface area contributed by atoms with Crippen molar-refractivity contribution in [3.8, 4) is 0 Å². The van der Waals surface area contributed by atoms with Crippen LogP contribution in [0, 0.1) is 43.4 Å². The van der Waals surface area contributed by atoms with Gasteiger partial charge in [-0.15, -0.1) is 0 Å². The number of hydrogen-bond acceptors (Lipinski definition) is 7. The first kappa shape index (κ1) is 48.3. The van der Waals surface area contributed by atoms with E-state index in [2.05, 4.69) is 114 Å². The normalized spacial score (nSPS) is 22.7. The summed E-state index contributed by atoms with van der Waals surface area (Å²) in [5, 5.41) is 21.5. The van der Waals surface area contributed by atoms with Crippen molar-refractivity contribution in [3.05, 3.63) is 114 Å². The summed E-state index contributed by atoms with van der Waals surface area (Å²) < 4.78 is 11.1. The highest BCUT2D eigenvalue weighted by molar-refractivity contribution is 5.85. The number of fused-ring (bicyclic) bond motifs is 8. The lowest BCUT2D eigenvalue weighted by Gasteiger charge is -2.20. The number of hydrogen-bond donors (Lipinski definition) is 5. The molecular weight excluding hydrogens is 797 g/mol. The number of esters is 2. The second-order valence-corrected chi connectivity index (χ2v) is 19.4. The van der Waals surface area contributed by atoms with Crippen LogP contribution in [0.15, 0.2) is 69.9 Å². The molecular formula is C55H76N4O5. The molecule has 1 fully saturated rings. The molecule has 8 bridgehead atoms. The predicted octanol–water partition coefficient (Wildman–Crippen LogP) is 10.7. The lowest BCUT2D eigenvalue weighted by molar-refractivity contribution is -0.144. The molecule has 0 spiro atoms. The van der Waals surface area contributed by atoms with Crippen LogP contribution < -0.4 is 21.3 Å². The minimum absolute atomic E-state index is 0.00361. The van der Waals surface area contributed by atoms with Crippen molar-refractivity contribution in [2.24, 2.45) is 29.6 Å². The van der Waals surface area contributed by atoms with Gasteiger partial charge in [0, 0.05) is 74.1 Å². The Bertz CT molecular complexity index is 2410. The number of aromatic nitrogens is 2. The van der Waals surface area contributed by atoms with Crippen LogP contribution in [0.3, 0.4) is 0 Å². The van der Waals surface area contributed by atoms with Gasteiger partial charge >= 0.3 is 11.9 Å². The molecule has 0 aromatic carbocycles. The van der Waals surface area contributed by atoms with Crippen LogP contribution in [0.1, 0.15) is 153 Å².